The molecule has 7 nitrogen and oxygen atoms in total. The van der Waals surface area contributed by atoms with Gasteiger partial charge in [0.1, 0.15) is 16.5 Å². The number of ether oxygens (including phenoxy) is 2. The first-order chi connectivity index (χ1) is 14.1. The average Bonchev–Trinajstić information content (AvgIpc) is 3.17. The Balaban J connectivity index is 1.39. The number of likely N-dealkylation sites (tertiary alicyclic amines) is 1. The van der Waals surface area contributed by atoms with E-state index in [1.165, 1.54) is 7.11 Å². The van der Waals surface area contributed by atoms with Gasteiger partial charge in [-0.15, -0.1) is 0 Å². The van der Waals surface area contributed by atoms with E-state index in [9.17, 15) is 4.79 Å². The van der Waals surface area contributed by atoms with Crippen molar-refractivity contribution in [3.63, 3.8) is 0 Å². The van der Waals surface area contributed by atoms with E-state index in [0.29, 0.717) is 29.1 Å². The van der Waals surface area contributed by atoms with Gasteiger partial charge < -0.3 is 14.5 Å². The van der Waals surface area contributed by atoms with Crippen molar-refractivity contribution in [3.8, 4) is 11.6 Å². The highest BCUT2D eigenvalue weighted by molar-refractivity contribution is 6.29. The minimum Gasteiger partial charge on any atom is -0.469 e. The second-order valence-electron chi connectivity index (χ2n) is 7.32. The second-order valence-corrected chi connectivity index (χ2v) is 7.71. The number of rotatable bonds is 6. The van der Waals surface area contributed by atoms with Crippen molar-refractivity contribution < 1.29 is 14.3 Å². The molecule has 1 fully saturated rings. The summed E-state index contributed by atoms with van der Waals surface area (Å²) in [6.07, 6.45) is 5.97. The number of hydrogen-bond donors (Lipinski definition) is 1. The highest BCUT2D eigenvalue weighted by atomic mass is 35.5. The maximum atomic E-state index is 11.5. The number of hydrogen-bond acceptors (Lipinski definition) is 6. The van der Waals surface area contributed by atoms with Crippen molar-refractivity contribution in [2.75, 3.05) is 20.2 Å². The van der Waals surface area contributed by atoms with Crippen LogP contribution in [0.15, 0.2) is 36.7 Å². The van der Waals surface area contributed by atoms with Gasteiger partial charge in [0.25, 0.3) is 0 Å². The maximum absolute atomic E-state index is 11.5. The van der Waals surface area contributed by atoms with E-state index in [2.05, 4.69) is 19.9 Å². The van der Waals surface area contributed by atoms with Crippen molar-refractivity contribution in [1.29, 1.82) is 0 Å². The van der Waals surface area contributed by atoms with Crippen LogP contribution >= 0.6 is 11.6 Å². The Morgan fingerprint density at radius 2 is 2.14 bits per heavy atom. The zero-order valence-corrected chi connectivity index (χ0v) is 17.0. The molecule has 152 valence electrons. The number of aromatic amines is 1. The minimum absolute atomic E-state index is 0.126. The van der Waals surface area contributed by atoms with Crippen molar-refractivity contribution >= 4 is 28.6 Å². The topological polar surface area (TPSA) is 80.3 Å². The van der Waals surface area contributed by atoms with E-state index >= 15 is 0 Å². The summed E-state index contributed by atoms with van der Waals surface area (Å²) in [4.78, 5) is 25.5. The Morgan fingerprint density at radius 3 is 2.93 bits per heavy atom. The summed E-state index contributed by atoms with van der Waals surface area (Å²) in [5.41, 5.74) is 1.86. The first kappa shape index (κ1) is 19.7. The molecule has 3 aromatic rings. The first-order valence-electron chi connectivity index (χ1n) is 9.65. The van der Waals surface area contributed by atoms with Crippen LogP contribution in [0.3, 0.4) is 0 Å². The van der Waals surface area contributed by atoms with Crippen LogP contribution in [0.25, 0.3) is 11.0 Å². The molecule has 0 aromatic carbocycles. The number of methoxy groups -OCH3 is 1. The number of nitrogens with zero attached hydrogens (tertiary/aromatic N) is 3. The van der Waals surface area contributed by atoms with Crippen molar-refractivity contribution in [2.45, 2.75) is 25.8 Å². The molecule has 4 rings (SSSR count). The van der Waals surface area contributed by atoms with Crippen LogP contribution in [-0.2, 0) is 16.1 Å². The highest BCUT2D eigenvalue weighted by Crippen LogP contribution is 2.27. The Morgan fingerprint density at radius 1 is 1.31 bits per heavy atom. The number of carbonyl (C=O) groups excluding carboxylic acids is 1. The largest absolute Gasteiger partial charge is 0.469 e. The molecule has 1 aliphatic rings. The van der Waals surface area contributed by atoms with Crippen LogP contribution in [0, 0.1) is 5.92 Å². The molecule has 0 bridgehead atoms. The fraction of sp³-hybridized carbons (Fsp3) is 0.381. The number of piperidine rings is 1. The lowest BCUT2D eigenvalue weighted by atomic mass is 9.93. The molecule has 0 aliphatic carbocycles. The molecular weight excluding hydrogens is 392 g/mol. The van der Waals surface area contributed by atoms with Gasteiger partial charge in [0, 0.05) is 30.6 Å². The number of H-pyrrole nitrogens is 1. The minimum atomic E-state index is -0.126. The number of nitrogens with one attached hydrogen (secondary N) is 1. The summed E-state index contributed by atoms with van der Waals surface area (Å²) in [7, 11) is 1.44. The van der Waals surface area contributed by atoms with Crippen LogP contribution in [0.4, 0.5) is 0 Å². The molecule has 0 unspecified atom stereocenters. The molecule has 8 heteroatoms. The quantitative estimate of drug-likeness (QED) is 0.481. The second kappa shape index (κ2) is 8.80. The molecule has 1 saturated heterocycles. The van der Waals surface area contributed by atoms with Crippen LogP contribution in [0.2, 0.25) is 5.15 Å². The number of aromatic nitrogens is 3. The molecule has 0 radical (unpaired) electrons. The zero-order chi connectivity index (χ0) is 20.2. The SMILES string of the molecule is COC(=O)CC1CCN(Cc2cc(Cl)nc(Oc3cnc4[nH]ccc4c3)c2)CC1. The summed E-state index contributed by atoms with van der Waals surface area (Å²) in [6.45, 7) is 2.64. The highest BCUT2D eigenvalue weighted by Gasteiger charge is 2.22. The Hall–Kier alpha value is -2.64. The fourth-order valence-electron chi connectivity index (χ4n) is 3.69. The molecule has 0 spiro atoms. The Labute approximate surface area is 174 Å². The lowest BCUT2D eigenvalue weighted by molar-refractivity contribution is -0.142. The number of esters is 1. The standard InChI is InChI=1S/C21H23ClN4O3/c1-28-20(27)10-14-3-6-26(7-4-14)13-15-8-18(22)25-19(9-15)29-17-11-16-2-5-23-21(16)24-12-17/h2,5,8-9,11-12,14H,3-4,6-7,10,13H2,1H3,(H,23,24). The van der Waals surface area contributed by atoms with Crippen molar-refractivity contribution in [2.24, 2.45) is 5.92 Å². The third-order valence-corrected chi connectivity index (χ3v) is 5.42. The number of fused-ring (bicyclic) bond motifs is 1. The van der Waals surface area contributed by atoms with Gasteiger partial charge in [-0.1, -0.05) is 11.6 Å². The van der Waals surface area contributed by atoms with Crippen LogP contribution in [0.1, 0.15) is 24.8 Å². The summed E-state index contributed by atoms with van der Waals surface area (Å²) in [5.74, 6) is 1.33. The number of carbonyl (C=O) groups is 1. The molecule has 3 aromatic heterocycles. The molecule has 29 heavy (non-hydrogen) atoms. The van der Waals surface area contributed by atoms with Gasteiger partial charge in [0.15, 0.2) is 0 Å². The molecule has 4 heterocycles. The van der Waals surface area contributed by atoms with Gasteiger partial charge in [-0.2, -0.15) is 0 Å². The van der Waals surface area contributed by atoms with E-state index in [0.717, 1.165) is 49.1 Å². The van der Waals surface area contributed by atoms with Gasteiger partial charge >= 0.3 is 5.97 Å². The molecule has 0 atom stereocenters. The summed E-state index contributed by atoms with van der Waals surface area (Å²) >= 11 is 6.23. The molecular formula is C21H23ClN4O3. The van der Waals surface area contributed by atoms with Crippen LogP contribution in [0.5, 0.6) is 11.6 Å². The van der Waals surface area contributed by atoms with E-state index in [-0.39, 0.29) is 5.97 Å². The Kier molecular flexibility index (Phi) is 5.97. The Bertz CT molecular complexity index is 999. The van der Waals surface area contributed by atoms with Crippen molar-refractivity contribution in [1.82, 2.24) is 19.9 Å². The van der Waals surface area contributed by atoms with Crippen LogP contribution < -0.4 is 4.74 Å². The van der Waals surface area contributed by atoms with Gasteiger partial charge in [0.2, 0.25) is 5.88 Å². The monoisotopic (exact) mass is 414 g/mol. The van der Waals surface area contributed by atoms with Crippen LogP contribution in [-0.4, -0.2) is 46.0 Å². The predicted octanol–water partition coefficient (Wildman–Crippen LogP) is 4.18. The first-order valence-corrected chi connectivity index (χ1v) is 10.0. The lowest BCUT2D eigenvalue weighted by Gasteiger charge is -2.31. The third kappa shape index (κ3) is 5.05. The summed E-state index contributed by atoms with van der Waals surface area (Å²) in [5, 5.41) is 1.37. The third-order valence-electron chi connectivity index (χ3n) is 5.22. The fourth-order valence-corrected chi connectivity index (χ4v) is 3.91. The van der Waals surface area contributed by atoms with E-state index in [4.69, 9.17) is 21.1 Å². The summed E-state index contributed by atoms with van der Waals surface area (Å²) < 4.78 is 10.7. The smallest absolute Gasteiger partial charge is 0.305 e. The zero-order valence-electron chi connectivity index (χ0n) is 16.2. The average molecular weight is 415 g/mol. The molecule has 1 aliphatic heterocycles. The van der Waals surface area contributed by atoms with E-state index in [1.54, 1.807) is 6.20 Å². The number of pyridine rings is 2. The normalized spacial score (nSPS) is 15.5. The predicted molar refractivity (Wildman–Crippen MR) is 110 cm³/mol. The van der Waals surface area contributed by atoms with Gasteiger partial charge in [-0.3, -0.25) is 9.69 Å². The van der Waals surface area contributed by atoms with E-state index in [1.807, 2.05) is 30.5 Å². The van der Waals surface area contributed by atoms with Gasteiger partial charge in [-0.05, 0) is 55.6 Å². The lowest BCUT2D eigenvalue weighted by Crippen LogP contribution is -2.34. The van der Waals surface area contributed by atoms with E-state index < -0.39 is 0 Å². The molecule has 0 saturated carbocycles. The summed E-state index contributed by atoms with van der Waals surface area (Å²) in [6, 6.07) is 7.62. The molecule has 1 N–H and O–H groups in total. The molecule has 0 amide bonds. The van der Waals surface area contributed by atoms with Gasteiger partial charge in [0.05, 0.1) is 13.3 Å². The van der Waals surface area contributed by atoms with Crippen molar-refractivity contribution in [3.05, 3.63) is 47.4 Å². The van der Waals surface area contributed by atoms with Gasteiger partial charge in [-0.25, -0.2) is 9.97 Å². The number of halogens is 1. The maximum Gasteiger partial charge on any atom is 0.305 e.